The first-order valence-electron chi connectivity index (χ1n) is 11.7. The molecule has 1 fully saturated rings. The van der Waals surface area contributed by atoms with Crippen molar-refractivity contribution in [1.82, 2.24) is 19.8 Å². The summed E-state index contributed by atoms with van der Waals surface area (Å²) in [5.74, 6) is -0.884. The van der Waals surface area contributed by atoms with E-state index < -0.39 is 24.0 Å². The smallest absolute Gasteiger partial charge is 0.327 e. The second-order valence-corrected chi connectivity index (χ2v) is 8.82. The summed E-state index contributed by atoms with van der Waals surface area (Å²) >= 11 is 0. The molecule has 9 heteroatoms. The van der Waals surface area contributed by atoms with Crippen LogP contribution in [0, 0.1) is 0 Å². The van der Waals surface area contributed by atoms with E-state index in [2.05, 4.69) is 9.97 Å². The van der Waals surface area contributed by atoms with Crippen LogP contribution >= 0.6 is 0 Å². The SMILES string of the molecule is O=C(O)C1CN(C[C@@H](O)COc2cccc3ncccc23)CCN1C(=O)c1cc2ccccc2cn1. The van der Waals surface area contributed by atoms with Gasteiger partial charge in [0.2, 0.25) is 0 Å². The zero-order valence-corrected chi connectivity index (χ0v) is 19.5. The van der Waals surface area contributed by atoms with Crippen molar-refractivity contribution in [3.8, 4) is 5.75 Å². The van der Waals surface area contributed by atoms with Gasteiger partial charge in [0.15, 0.2) is 0 Å². The zero-order chi connectivity index (χ0) is 25.1. The third-order valence-corrected chi connectivity index (χ3v) is 6.37. The van der Waals surface area contributed by atoms with Crippen LogP contribution in [0.25, 0.3) is 21.7 Å². The molecule has 2 N–H and O–H groups in total. The highest BCUT2D eigenvalue weighted by Crippen LogP contribution is 2.24. The Morgan fingerprint density at radius 2 is 1.86 bits per heavy atom. The third kappa shape index (κ3) is 4.98. The summed E-state index contributed by atoms with van der Waals surface area (Å²) in [7, 11) is 0. The highest BCUT2D eigenvalue weighted by Gasteiger charge is 2.36. The number of nitrogens with zero attached hydrogens (tertiary/aromatic N) is 4. The zero-order valence-electron chi connectivity index (χ0n) is 19.5. The number of aliphatic hydroxyl groups is 1. The molecular weight excluding hydrogens is 460 g/mol. The quantitative estimate of drug-likeness (QED) is 0.409. The van der Waals surface area contributed by atoms with Crippen LogP contribution in [-0.2, 0) is 4.79 Å². The van der Waals surface area contributed by atoms with Crippen molar-refractivity contribution in [2.45, 2.75) is 12.1 Å². The minimum Gasteiger partial charge on any atom is -0.490 e. The maximum Gasteiger partial charge on any atom is 0.327 e. The number of aliphatic carboxylic acids is 1. The van der Waals surface area contributed by atoms with Gasteiger partial charge in [-0.3, -0.25) is 19.7 Å². The molecule has 0 bridgehead atoms. The topological polar surface area (TPSA) is 116 Å². The first-order chi connectivity index (χ1) is 17.5. The monoisotopic (exact) mass is 486 g/mol. The fourth-order valence-corrected chi connectivity index (χ4v) is 4.55. The van der Waals surface area contributed by atoms with E-state index in [0.29, 0.717) is 12.3 Å². The number of fused-ring (bicyclic) bond motifs is 2. The number of hydrogen-bond acceptors (Lipinski definition) is 7. The Hall–Kier alpha value is -4.08. The summed E-state index contributed by atoms with van der Waals surface area (Å²) in [4.78, 5) is 37.0. The number of aromatic nitrogens is 2. The average Bonchev–Trinajstić information content (AvgIpc) is 2.91. The van der Waals surface area contributed by atoms with Crippen LogP contribution in [0.3, 0.4) is 0 Å². The Morgan fingerprint density at radius 3 is 2.69 bits per heavy atom. The van der Waals surface area contributed by atoms with E-state index in [1.54, 1.807) is 18.5 Å². The highest BCUT2D eigenvalue weighted by atomic mass is 16.5. The maximum atomic E-state index is 13.2. The normalized spacial score (nSPS) is 17.2. The van der Waals surface area contributed by atoms with Gasteiger partial charge in [0.05, 0.1) is 5.52 Å². The molecule has 2 aromatic carbocycles. The number of ether oxygens (including phenoxy) is 1. The van der Waals surface area contributed by atoms with Crippen molar-refractivity contribution >= 4 is 33.6 Å². The van der Waals surface area contributed by atoms with Gasteiger partial charge in [-0.1, -0.05) is 30.3 Å². The average molecular weight is 487 g/mol. The molecular formula is C27H26N4O5. The van der Waals surface area contributed by atoms with Crippen molar-refractivity contribution in [3.05, 3.63) is 78.8 Å². The van der Waals surface area contributed by atoms with Crippen LogP contribution in [0.1, 0.15) is 10.5 Å². The first kappa shape index (κ1) is 23.7. The fraction of sp³-hybridized carbons (Fsp3) is 0.259. The van der Waals surface area contributed by atoms with Crippen LogP contribution in [0.2, 0.25) is 0 Å². The Morgan fingerprint density at radius 1 is 1.03 bits per heavy atom. The van der Waals surface area contributed by atoms with Crippen LogP contribution in [0.15, 0.2) is 73.1 Å². The number of amides is 1. The van der Waals surface area contributed by atoms with E-state index in [-0.39, 0.29) is 31.9 Å². The Balaban J connectivity index is 1.22. The Bertz CT molecular complexity index is 1410. The molecule has 1 amide bonds. The molecule has 36 heavy (non-hydrogen) atoms. The molecule has 3 heterocycles. The summed E-state index contributed by atoms with van der Waals surface area (Å²) in [5, 5.41) is 23.1. The van der Waals surface area contributed by atoms with Gasteiger partial charge < -0.3 is 19.8 Å². The Kier molecular flexibility index (Phi) is 6.75. The lowest BCUT2D eigenvalue weighted by Crippen LogP contribution is -2.59. The van der Waals surface area contributed by atoms with Crippen LogP contribution in [-0.4, -0.2) is 86.8 Å². The van der Waals surface area contributed by atoms with Gasteiger partial charge in [0.1, 0.15) is 30.2 Å². The van der Waals surface area contributed by atoms with Gasteiger partial charge in [-0.15, -0.1) is 0 Å². The standard InChI is InChI=1S/C27H26N4O5/c32-20(17-36-25-9-3-8-22-21(25)7-4-10-28-22)15-30-11-12-31(24(16-30)27(34)35)26(33)23-13-18-5-1-2-6-19(18)14-29-23/h1-10,13-14,20,24,32H,11-12,15-17H2,(H,34,35)/t20-,24?/m1/s1. The minimum absolute atomic E-state index is 0.0475. The van der Waals surface area contributed by atoms with Crippen molar-refractivity contribution in [2.75, 3.05) is 32.8 Å². The number of carboxylic acids is 1. The van der Waals surface area contributed by atoms with Crippen LogP contribution in [0.5, 0.6) is 5.75 Å². The molecule has 2 aromatic heterocycles. The summed E-state index contributed by atoms with van der Waals surface area (Å²) < 4.78 is 5.84. The molecule has 184 valence electrons. The number of hydrogen-bond donors (Lipinski definition) is 2. The maximum absolute atomic E-state index is 13.2. The number of carboxylic acid groups (broad SMARTS) is 1. The van der Waals surface area contributed by atoms with Gasteiger partial charge in [-0.25, -0.2) is 4.79 Å². The number of β-amino-alcohol motifs (C(OH)–C–C–N with tert-alkyl or cyclic N) is 1. The van der Waals surface area contributed by atoms with Crippen molar-refractivity contribution in [1.29, 1.82) is 0 Å². The lowest BCUT2D eigenvalue weighted by atomic mass is 10.1. The molecule has 1 unspecified atom stereocenters. The van der Waals surface area contributed by atoms with Gasteiger partial charge in [0, 0.05) is 49.3 Å². The second-order valence-electron chi connectivity index (χ2n) is 8.82. The second kappa shape index (κ2) is 10.3. The number of pyridine rings is 2. The molecule has 1 aliphatic heterocycles. The van der Waals surface area contributed by atoms with E-state index in [1.807, 2.05) is 59.5 Å². The number of carbonyl (C=O) groups is 2. The first-order valence-corrected chi connectivity index (χ1v) is 11.7. The Labute approximate surface area is 207 Å². The van der Waals surface area contributed by atoms with Crippen LogP contribution < -0.4 is 4.74 Å². The van der Waals surface area contributed by atoms with E-state index >= 15 is 0 Å². The van der Waals surface area contributed by atoms with E-state index in [4.69, 9.17) is 4.74 Å². The van der Waals surface area contributed by atoms with E-state index in [9.17, 15) is 19.8 Å². The predicted octanol–water partition coefficient (Wildman–Crippen LogP) is 2.43. The lowest BCUT2D eigenvalue weighted by molar-refractivity contribution is -0.144. The number of rotatable bonds is 7. The number of carbonyl (C=O) groups excluding carboxylic acids is 1. The number of benzene rings is 2. The molecule has 0 spiro atoms. The molecule has 2 atom stereocenters. The van der Waals surface area contributed by atoms with Crippen molar-refractivity contribution < 1.29 is 24.5 Å². The molecule has 1 aliphatic rings. The van der Waals surface area contributed by atoms with Gasteiger partial charge in [-0.2, -0.15) is 0 Å². The molecule has 9 nitrogen and oxygen atoms in total. The van der Waals surface area contributed by atoms with E-state index in [1.165, 1.54) is 4.90 Å². The lowest BCUT2D eigenvalue weighted by Gasteiger charge is -2.39. The largest absolute Gasteiger partial charge is 0.490 e. The number of aliphatic hydroxyl groups excluding tert-OH is 1. The predicted molar refractivity (Wildman–Crippen MR) is 134 cm³/mol. The van der Waals surface area contributed by atoms with Crippen molar-refractivity contribution in [3.63, 3.8) is 0 Å². The molecule has 0 aliphatic carbocycles. The van der Waals surface area contributed by atoms with E-state index in [0.717, 1.165) is 21.7 Å². The highest BCUT2D eigenvalue weighted by molar-refractivity contribution is 5.98. The molecule has 0 saturated carbocycles. The molecule has 0 radical (unpaired) electrons. The number of piperazine rings is 1. The molecule has 1 saturated heterocycles. The van der Waals surface area contributed by atoms with Crippen molar-refractivity contribution in [2.24, 2.45) is 0 Å². The molecule has 4 aromatic rings. The summed E-state index contributed by atoms with van der Waals surface area (Å²) in [6.45, 7) is 1.02. The van der Waals surface area contributed by atoms with Gasteiger partial charge >= 0.3 is 5.97 Å². The third-order valence-electron chi connectivity index (χ3n) is 6.37. The van der Waals surface area contributed by atoms with Crippen LogP contribution in [0.4, 0.5) is 0 Å². The minimum atomic E-state index is -1.09. The summed E-state index contributed by atoms with van der Waals surface area (Å²) in [6, 6.07) is 17.5. The summed E-state index contributed by atoms with van der Waals surface area (Å²) in [6.07, 6.45) is 2.49. The van der Waals surface area contributed by atoms with Gasteiger partial charge in [-0.05, 0) is 35.7 Å². The molecule has 5 rings (SSSR count). The fourth-order valence-electron chi connectivity index (χ4n) is 4.55. The summed E-state index contributed by atoms with van der Waals surface area (Å²) in [5.41, 5.74) is 1.02. The van der Waals surface area contributed by atoms with Gasteiger partial charge in [0.25, 0.3) is 5.91 Å².